The third-order valence-electron chi connectivity index (χ3n) is 5.68. The van der Waals surface area contributed by atoms with Crippen LogP contribution in [0.4, 0.5) is 0 Å². The third-order valence-corrected chi connectivity index (χ3v) is 5.68. The van der Waals surface area contributed by atoms with Gasteiger partial charge in [-0.15, -0.1) is 0 Å². The summed E-state index contributed by atoms with van der Waals surface area (Å²) in [5.41, 5.74) is 7.58. The Labute approximate surface area is 128 Å². The van der Waals surface area contributed by atoms with Gasteiger partial charge in [0.15, 0.2) is 0 Å². The molecule has 1 aromatic heterocycles. The van der Waals surface area contributed by atoms with Crippen molar-refractivity contribution in [2.75, 3.05) is 13.1 Å². The summed E-state index contributed by atoms with van der Waals surface area (Å²) >= 11 is 0. The monoisotopic (exact) mass is 290 g/mol. The van der Waals surface area contributed by atoms with Crippen molar-refractivity contribution in [3.8, 4) is 0 Å². The van der Waals surface area contributed by atoms with Crippen molar-refractivity contribution in [1.29, 1.82) is 0 Å². The number of nitrogens with two attached hydrogens (primary N) is 1. The second kappa shape index (κ2) is 6.49. The number of nitrogens with zero attached hydrogens (tertiary/aromatic N) is 3. The highest BCUT2D eigenvalue weighted by Gasteiger charge is 2.37. The standard InChI is InChI=1S/C17H30N4/c1-2-20(17(14-18)10-5-6-11-17)13-15-9-12-21(19-15)16-7-3-4-8-16/h9,12,16H,2-8,10-11,13-14,18H2,1H3. The molecule has 4 nitrogen and oxygen atoms in total. The van der Waals surface area contributed by atoms with E-state index in [2.05, 4.69) is 28.8 Å². The van der Waals surface area contributed by atoms with Gasteiger partial charge in [-0.3, -0.25) is 9.58 Å². The summed E-state index contributed by atoms with van der Waals surface area (Å²) in [4.78, 5) is 2.57. The molecule has 2 saturated carbocycles. The van der Waals surface area contributed by atoms with Crippen molar-refractivity contribution in [3.05, 3.63) is 18.0 Å². The minimum Gasteiger partial charge on any atom is -0.329 e. The van der Waals surface area contributed by atoms with Crippen molar-refractivity contribution < 1.29 is 0 Å². The van der Waals surface area contributed by atoms with Crippen LogP contribution in [0, 0.1) is 0 Å². The Kier molecular flexibility index (Phi) is 4.65. The maximum atomic E-state index is 6.14. The van der Waals surface area contributed by atoms with E-state index >= 15 is 0 Å². The maximum absolute atomic E-state index is 6.14. The highest BCUT2D eigenvalue weighted by atomic mass is 15.3. The highest BCUT2D eigenvalue weighted by Crippen LogP contribution is 2.35. The summed E-state index contributed by atoms with van der Waals surface area (Å²) in [6.07, 6.45) is 12.6. The Morgan fingerprint density at radius 1 is 1.29 bits per heavy atom. The van der Waals surface area contributed by atoms with Gasteiger partial charge in [0.25, 0.3) is 0 Å². The molecule has 4 heteroatoms. The molecular weight excluding hydrogens is 260 g/mol. The molecule has 0 unspecified atom stereocenters. The predicted octanol–water partition coefficient (Wildman–Crippen LogP) is 3.09. The average molecular weight is 290 g/mol. The molecule has 0 aliphatic heterocycles. The van der Waals surface area contributed by atoms with Crippen molar-refractivity contribution in [1.82, 2.24) is 14.7 Å². The van der Waals surface area contributed by atoms with E-state index < -0.39 is 0 Å². The zero-order chi connectivity index (χ0) is 14.7. The number of aromatic nitrogens is 2. The van der Waals surface area contributed by atoms with Gasteiger partial charge in [-0.1, -0.05) is 32.6 Å². The normalized spacial score (nSPS) is 22.4. The lowest BCUT2D eigenvalue weighted by atomic mass is 9.95. The van der Waals surface area contributed by atoms with E-state index in [1.54, 1.807) is 0 Å². The van der Waals surface area contributed by atoms with E-state index in [0.717, 1.165) is 19.6 Å². The van der Waals surface area contributed by atoms with Gasteiger partial charge in [-0.25, -0.2) is 0 Å². The lowest BCUT2D eigenvalue weighted by molar-refractivity contribution is 0.0953. The minimum absolute atomic E-state index is 0.228. The highest BCUT2D eigenvalue weighted by molar-refractivity contribution is 5.04. The van der Waals surface area contributed by atoms with Crippen LogP contribution in [0.25, 0.3) is 0 Å². The van der Waals surface area contributed by atoms with Crippen molar-refractivity contribution in [2.45, 2.75) is 76.4 Å². The zero-order valence-corrected chi connectivity index (χ0v) is 13.4. The maximum Gasteiger partial charge on any atom is 0.0765 e. The lowest BCUT2D eigenvalue weighted by Gasteiger charge is -2.39. The second-order valence-corrected chi connectivity index (χ2v) is 6.88. The molecule has 2 aliphatic rings. The molecule has 0 aromatic carbocycles. The largest absolute Gasteiger partial charge is 0.329 e. The molecule has 21 heavy (non-hydrogen) atoms. The van der Waals surface area contributed by atoms with Crippen LogP contribution >= 0.6 is 0 Å². The van der Waals surface area contributed by atoms with Gasteiger partial charge in [0, 0.05) is 24.8 Å². The smallest absolute Gasteiger partial charge is 0.0765 e. The SMILES string of the molecule is CCN(Cc1ccn(C2CCCC2)n1)C1(CN)CCCC1. The van der Waals surface area contributed by atoms with Crippen LogP contribution in [0.2, 0.25) is 0 Å². The Morgan fingerprint density at radius 2 is 2.00 bits per heavy atom. The fourth-order valence-electron chi connectivity index (χ4n) is 4.33. The lowest BCUT2D eigenvalue weighted by Crippen LogP contribution is -2.51. The number of likely N-dealkylation sites (N-methyl/N-ethyl adjacent to an activating group) is 1. The summed E-state index contributed by atoms with van der Waals surface area (Å²) in [5.74, 6) is 0. The van der Waals surface area contributed by atoms with Gasteiger partial charge in [0.2, 0.25) is 0 Å². The summed E-state index contributed by atoms with van der Waals surface area (Å²) in [5, 5.41) is 4.85. The summed E-state index contributed by atoms with van der Waals surface area (Å²) in [6, 6.07) is 2.85. The van der Waals surface area contributed by atoms with Crippen LogP contribution in [-0.4, -0.2) is 33.3 Å². The quantitative estimate of drug-likeness (QED) is 0.876. The Balaban J connectivity index is 1.69. The second-order valence-electron chi connectivity index (χ2n) is 6.88. The van der Waals surface area contributed by atoms with Gasteiger partial charge in [0.05, 0.1) is 11.7 Å². The third kappa shape index (κ3) is 3.02. The minimum atomic E-state index is 0.228. The van der Waals surface area contributed by atoms with E-state index in [1.165, 1.54) is 57.1 Å². The van der Waals surface area contributed by atoms with Crippen LogP contribution < -0.4 is 5.73 Å². The topological polar surface area (TPSA) is 47.1 Å². The van der Waals surface area contributed by atoms with E-state index in [-0.39, 0.29) is 5.54 Å². The Hall–Kier alpha value is -0.870. The molecular formula is C17H30N4. The fraction of sp³-hybridized carbons (Fsp3) is 0.824. The number of hydrogen-bond acceptors (Lipinski definition) is 3. The number of hydrogen-bond donors (Lipinski definition) is 1. The van der Waals surface area contributed by atoms with Crippen LogP contribution in [0.15, 0.2) is 12.3 Å². The van der Waals surface area contributed by atoms with E-state index in [0.29, 0.717) is 6.04 Å². The van der Waals surface area contributed by atoms with Gasteiger partial charge >= 0.3 is 0 Å². The molecule has 2 fully saturated rings. The molecule has 118 valence electrons. The number of rotatable bonds is 6. The molecule has 3 rings (SSSR count). The summed E-state index contributed by atoms with van der Waals surface area (Å²) in [7, 11) is 0. The summed E-state index contributed by atoms with van der Waals surface area (Å²) < 4.78 is 2.21. The zero-order valence-electron chi connectivity index (χ0n) is 13.4. The molecule has 2 aliphatic carbocycles. The molecule has 0 amide bonds. The van der Waals surface area contributed by atoms with E-state index in [1.807, 2.05) is 0 Å². The first kappa shape index (κ1) is 15.0. The van der Waals surface area contributed by atoms with Gasteiger partial charge in [0.1, 0.15) is 0 Å². The van der Waals surface area contributed by atoms with Crippen molar-refractivity contribution >= 4 is 0 Å². The molecule has 2 N–H and O–H groups in total. The van der Waals surface area contributed by atoms with Crippen molar-refractivity contribution in [2.24, 2.45) is 5.73 Å². The molecule has 1 aromatic rings. The van der Waals surface area contributed by atoms with Crippen molar-refractivity contribution in [3.63, 3.8) is 0 Å². The van der Waals surface area contributed by atoms with Crippen LogP contribution in [0.3, 0.4) is 0 Å². The first-order valence-corrected chi connectivity index (χ1v) is 8.76. The van der Waals surface area contributed by atoms with Gasteiger partial charge < -0.3 is 5.73 Å². The van der Waals surface area contributed by atoms with Crippen LogP contribution in [0.1, 0.15) is 70.0 Å². The molecule has 0 atom stereocenters. The van der Waals surface area contributed by atoms with Gasteiger partial charge in [-0.2, -0.15) is 5.10 Å². The Bertz CT molecular complexity index is 441. The Morgan fingerprint density at radius 3 is 2.62 bits per heavy atom. The molecule has 0 saturated heterocycles. The first-order chi connectivity index (χ1) is 10.3. The van der Waals surface area contributed by atoms with E-state index in [9.17, 15) is 0 Å². The molecule has 0 radical (unpaired) electrons. The first-order valence-electron chi connectivity index (χ1n) is 8.76. The van der Waals surface area contributed by atoms with Crippen LogP contribution in [0.5, 0.6) is 0 Å². The summed E-state index contributed by atoms with van der Waals surface area (Å²) in [6.45, 7) is 5.05. The van der Waals surface area contributed by atoms with E-state index in [4.69, 9.17) is 10.8 Å². The fourth-order valence-corrected chi connectivity index (χ4v) is 4.33. The van der Waals surface area contributed by atoms with Gasteiger partial charge in [-0.05, 0) is 38.3 Å². The molecule has 0 bridgehead atoms. The predicted molar refractivity (Wildman–Crippen MR) is 86.1 cm³/mol. The molecule has 0 spiro atoms. The average Bonchev–Trinajstić information content (AvgIpc) is 3.23. The molecule has 1 heterocycles. The van der Waals surface area contributed by atoms with Crippen LogP contribution in [-0.2, 0) is 6.54 Å².